The van der Waals surface area contributed by atoms with Crippen molar-refractivity contribution in [2.75, 3.05) is 19.7 Å². The molecule has 0 bridgehead atoms. The van der Waals surface area contributed by atoms with Gasteiger partial charge in [-0.3, -0.25) is 29.0 Å². The van der Waals surface area contributed by atoms with Gasteiger partial charge in [0.05, 0.1) is 71.6 Å². The number of carbonyl (C=O) groups excluding carboxylic acids is 4. The molecule has 15 rings (SSSR count). The van der Waals surface area contributed by atoms with E-state index in [4.69, 9.17) is 13.5 Å². The first-order valence-corrected chi connectivity index (χ1v) is 62.0. The van der Waals surface area contributed by atoms with Gasteiger partial charge >= 0.3 is 0 Å². The highest BCUT2D eigenvalue weighted by atomic mass is 32.1. The van der Waals surface area contributed by atoms with E-state index < -0.39 is 10.8 Å². The van der Waals surface area contributed by atoms with Crippen LogP contribution in [-0.4, -0.2) is 61.9 Å². The number of imide groups is 2. The highest BCUT2D eigenvalue weighted by Crippen LogP contribution is 2.67. The summed E-state index contributed by atoms with van der Waals surface area (Å²) in [5.41, 5.74) is 21.8. The first kappa shape index (κ1) is 109. The van der Waals surface area contributed by atoms with E-state index >= 15 is 14.4 Å². The van der Waals surface area contributed by atoms with Crippen molar-refractivity contribution in [1.29, 1.82) is 0 Å². The Morgan fingerprint density at radius 1 is 0.273 bits per heavy atom. The fraction of sp³-hybridized carbons (Fsp3) is 0.566. The van der Waals surface area contributed by atoms with Gasteiger partial charge in [-0.1, -0.05) is 447 Å². The summed E-state index contributed by atoms with van der Waals surface area (Å²) in [4.78, 5) is 74.8. The van der Waals surface area contributed by atoms with Crippen molar-refractivity contribution in [1.82, 2.24) is 18.5 Å². The molecule has 2 aliphatic carbocycles. The van der Waals surface area contributed by atoms with Gasteiger partial charge < -0.3 is 4.74 Å². The third-order valence-electron chi connectivity index (χ3n) is 32.3. The summed E-state index contributed by atoms with van der Waals surface area (Å²) in [6.45, 7) is 23.6. The van der Waals surface area contributed by atoms with Gasteiger partial charge in [-0.15, -0.1) is 45.3 Å². The molecule has 0 atom stereocenters. The van der Waals surface area contributed by atoms with Crippen LogP contribution in [0.2, 0.25) is 0 Å². The summed E-state index contributed by atoms with van der Waals surface area (Å²) < 4.78 is 18.1. The first-order valence-electron chi connectivity index (χ1n) is 58.0. The zero-order valence-electron chi connectivity index (χ0n) is 89.6. The summed E-state index contributed by atoms with van der Waals surface area (Å²) in [5.74, 6) is -0.404. The molecule has 0 unspecified atom stereocenters. The van der Waals surface area contributed by atoms with Crippen LogP contribution < -0.4 is 4.74 Å². The van der Waals surface area contributed by atoms with Crippen LogP contribution in [0.5, 0.6) is 5.75 Å². The number of hydrogen-bond acceptors (Lipinski definition) is 12. The monoisotopic (exact) mass is 2020 g/mol. The number of carbonyl (C=O) groups is 4. The van der Waals surface area contributed by atoms with Gasteiger partial charge in [0, 0.05) is 48.6 Å². The number of thiophene rings is 4. The van der Waals surface area contributed by atoms with Gasteiger partial charge in [0.1, 0.15) is 16.8 Å². The topological polar surface area (TPSA) is 110 Å². The number of benzene rings is 6. The standard InChI is InChI=1S/C129H172N4O5S5/c1-11-18-25-32-39-42-45-48-55-62-85-132-124(134)111-94(10)140-123(112(111)125(132)135)115-117-116(130-143-131-117)110(93(9)118(115)138-87-64-57-50-47-44-41-34-27-20-13-3)122-114-113(126(136)133(127(114)137)86-63-56-49-46-43-40-33-26-19-12-2)121(142-122)109-91-108-120(141-109)104-90-105-103(89-106(104)129(108,101-81-73-97(74-82-101)67-60-53-37-30-23-16-6)102-83-75-98(76-84-102)68-61-54-38-31-24-17-7)119-107(88-92(8)139-119)128(105,99-77-69-95(70-78-99)65-58-51-35-28-21-14-4)100-79-71-96(72-80-100)66-59-52-36-29-22-15-5/h69-84,88-91H,11-68,85-87H2,1-10H3. The van der Waals surface area contributed by atoms with E-state index in [0.29, 0.717) is 80.5 Å². The predicted octanol–water partition coefficient (Wildman–Crippen LogP) is 39.5. The number of aromatic nitrogens is 2. The maximum atomic E-state index is 16.7. The zero-order valence-corrected chi connectivity index (χ0v) is 93.6. The van der Waals surface area contributed by atoms with E-state index in [2.05, 4.69) is 184 Å². The Kier molecular flexibility index (Phi) is 42.3. The summed E-state index contributed by atoms with van der Waals surface area (Å²) in [5, 5.41) is 0. The van der Waals surface area contributed by atoms with Crippen LogP contribution in [0.1, 0.15) is 519 Å². The predicted molar refractivity (Wildman–Crippen MR) is 614 cm³/mol. The van der Waals surface area contributed by atoms with Crippen molar-refractivity contribution < 1.29 is 23.9 Å². The lowest BCUT2D eigenvalue weighted by Crippen LogP contribution is -2.31. The average molecular weight is 2020 g/mol. The van der Waals surface area contributed by atoms with Crippen molar-refractivity contribution >= 4 is 91.7 Å². The molecule has 2 aliphatic heterocycles. The zero-order chi connectivity index (χ0) is 99.9. The van der Waals surface area contributed by atoms with Crippen molar-refractivity contribution in [2.24, 2.45) is 0 Å². The second-order valence-electron chi connectivity index (χ2n) is 43.1. The van der Waals surface area contributed by atoms with Crippen LogP contribution in [0.15, 0.2) is 121 Å². The number of aryl methyl sites for hydroxylation is 6. The van der Waals surface area contributed by atoms with Gasteiger partial charge in [0.2, 0.25) is 0 Å². The Hall–Kier alpha value is -7.98. The molecule has 7 heterocycles. The molecular formula is C129H172N4O5S5. The molecule has 4 aliphatic rings. The number of nitrogens with zero attached hydrogens (tertiary/aromatic N) is 4. The lowest BCUT2D eigenvalue weighted by Gasteiger charge is -2.35. The summed E-state index contributed by atoms with van der Waals surface area (Å²) >= 11 is 7.93. The Morgan fingerprint density at radius 2 is 0.566 bits per heavy atom. The van der Waals surface area contributed by atoms with Crippen LogP contribution in [0.25, 0.3) is 62.6 Å². The molecule has 11 aromatic rings. The van der Waals surface area contributed by atoms with Crippen LogP contribution >= 0.6 is 57.1 Å². The Labute approximate surface area is 882 Å². The molecule has 0 N–H and O–H groups in total. The number of amides is 4. The lowest BCUT2D eigenvalue weighted by atomic mass is 9.65. The number of fused-ring (bicyclic) bond motifs is 9. The molecule has 143 heavy (non-hydrogen) atoms. The number of rotatable bonds is 69. The minimum atomic E-state index is -0.855. The Bertz CT molecular complexity index is 5770. The molecule has 14 heteroatoms. The molecule has 0 spiro atoms. The van der Waals surface area contributed by atoms with Gasteiger partial charge in [-0.05, 0) is 194 Å². The lowest BCUT2D eigenvalue weighted by molar-refractivity contribution is 0.0636. The van der Waals surface area contributed by atoms with Crippen LogP contribution in [0, 0.1) is 20.8 Å². The van der Waals surface area contributed by atoms with E-state index in [1.54, 1.807) is 27.6 Å². The second-order valence-corrected chi connectivity index (χ2v) is 48.2. The Morgan fingerprint density at radius 3 is 0.930 bits per heavy atom. The average Bonchev–Trinajstić information content (AvgIpc) is 1.50. The fourth-order valence-corrected chi connectivity index (χ4v) is 29.7. The van der Waals surface area contributed by atoms with E-state index in [0.717, 1.165) is 140 Å². The highest BCUT2D eigenvalue weighted by molar-refractivity contribution is 7.26. The van der Waals surface area contributed by atoms with E-state index in [1.165, 1.54) is 372 Å². The van der Waals surface area contributed by atoms with E-state index in [9.17, 15) is 4.79 Å². The molecule has 9 nitrogen and oxygen atoms in total. The summed E-state index contributed by atoms with van der Waals surface area (Å²) in [6, 6.07) is 50.0. The van der Waals surface area contributed by atoms with Crippen molar-refractivity contribution in [3.8, 4) is 57.3 Å². The number of hydrogen-bond donors (Lipinski definition) is 0. The normalized spacial score (nSPS) is 13.8. The van der Waals surface area contributed by atoms with Crippen LogP contribution in [-0.2, 0) is 36.5 Å². The molecule has 0 fully saturated rings. The van der Waals surface area contributed by atoms with Crippen LogP contribution in [0.3, 0.4) is 0 Å². The minimum Gasteiger partial charge on any atom is -0.493 e. The quantitative estimate of drug-likeness (QED) is 0.0276. The van der Waals surface area contributed by atoms with Crippen molar-refractivity contribution in [3.63, 3.8) is 0 Å². The smallest absolute Gasteiger partial charge is 0.263 e. The molecule has 4 amide bonds. The third-order valence-corrected chi connectivity index (χ3v) is 37.6. The van der Waals surface area contributed by atoms with E-state index in [-0.39, 0.29) is 23.6 Å². The molecule has 0 radical (unpaired) electrons. The molecule has 0 saturated heterocycles. The van der Waals surface area contributed by atoms with Gasteiger partial charge in [0.25, 0.3) is 23.6 Å². The molecule has 0 saturated carbocycles. The highest BCUT2D eigenvalue weighted by Gasteiger charge is 2.55. The molecule has 5 aromatic heterocycles. The molecular weight excluding hydrogens is 1850 g/mol. The fourth-order valence-electron chi connectivity index (χ4n) is 24.1. The van der Waals surface area contributed by atoms with Crippen molar-refractivity contribution in [3.05, 3.63) is 226 Å². The minimum absolute atomic E-state index is 0.224. The van der Waals surface area contributed by atoms with Crippen molar-refractivity contribution in [2.45, 2.75) is 452 Å². The SMILES string of the molecule is CCCCCCCCCCCCOc1c(C)c(-c2sc(-c3cc4c(s3)-c3cc5c(cc3C4(c3ccc(CCCCCCCC)cc3)c3ccc(CCCCCCCC)cc3)-c3sc(C)cc3C5(c3ccc(CCCCCCCC)cc3)c3ccc(CCCCCCCC)cc3)c3c2C(=O)N(CCCCCCCCCCCC)C3=O)c2nsnc2c1-c1sc(C)c2c1C(=O)N(CCCCCCCCCCCC)C2=O. The van der Waals surface area contributed by atoms with E-state index in [1.807, 2.05) is 18.3 Å². The van der Waals surface area contributed by atoms with Gasteiger partial charge in [-0.2, -0.15) is 8.75 Å². The van der Waals surface area contributed by atoms with Crippen LogP contribution in [0.4, 0.5) is 0 Å². The largest absolute Gasteiger partial charge is 0.493 e. The first-order chi connectivity index (χ1) is 70.2. The van der Waals surface area contributed by atoms with Gasteiger partial charge in [0.15, 0.2) is 0 Å². The maximum absolute atomic E-state index is 16.7. The number of unbranched alkanes of at least 4 members (excludes halogenated alkanes) is 47. The summed E-state index contributed by atoms with van der Waals surface area (Å²) in [6.07, 6.45) is 68.8. The number of ether oxygens (including phenoxy) is 1. The summed E-state index contributed by atoms with van der Waals surface area (Å²) in [7, 11) is 0. The molecule has 768 valence electrons. The second kappa shape index (κ2) is 55.3. The van der Waals surface area contributed by atoms with Gasteiger partial charge in [-0.25, -0.2) is 0 Å². The molecule has 6 aromatic carbocycles. The maximum Gasteiger partial charge on any atom is 0.263 e. The Balaban J connectivity index is 0.922. The third kappa shape index (κ3) is 25.4.